The first kappa shape index (κ1) is 19.9. The summed E-state index contributed by atoms with van der Waals surface area (Å²) in [6.07, 6.45) is 1.76. The van der Waals surface area contributed by atoms with Crippen LogP contribution in [0.15, 0.2) is 53.3 Å². The lowest BCUT2D eigenvalue weighted by molar-refractivity contribution is 0.0706. The van der Waals surface area contributed by atoms with Gasteiger partial charge in [0.2, 0.25) is 0 Å². The van der Waals surface area contributed by atoms with Crippen molar-refractivity contribution in [2.24, 2.45) is 0 Å². The molecule has 158 valence electrons. The predicted octanol–water partition coefficient (Wildman–Crippen LogP) is 4.61. The minimum atomic E-state index is -0.156. The Bertz CT molecular complexity index is 1300. The number of nitrogens with zero attached hydrogens (tertiary/aromatic N) is 4. The van der Waals surface area contributed by atoms with Crippen LogP contribution in [0.3, 0.4) is 0 Å². The van der Waals surface area contributed by atoms with Gasteiger partial charge >= 0.3 is 0 Å². The van der Waals surface area contributed by atoms with E-state index in [1.54, 1.807) is 17.4 Å². The Kier molecular flexibility index (Phi) is 5.06. The van der Waals surface area contributed by atoms with E-state index in [1.165, 1.54) is 9.38 Å². The van der Waals surface area contributed by atoms with E-state index in [1.807, 2.05) is 49.1 Å². The summed E-state index contributed by atoms with van der Waals surface area (Å²) in [6.45, 7) is 5.13. The maximum absolute atomic E-state index is 13.4. The Hall–Kier alpha value is -3.06. The number of amides is 1. The largest absolute Gasteiger partial charge is 0.337 e. The van der Waals surface area contributed by atoms with Crippen LogP contribution in [0.4, 0.5) is 0 Å². The van der Waals surface area contributed by atoms with Crippen molar-refractivity contribution in [1.29, 1.82) is 0 Å². The molecule has 3 heterocycles. The third-order valence-corrected chi connectivity index (χ3v) is 7.16. The van der Waals surface area contributed by atoms with Crippen molar-refractivity contribution in [2.45, 2.75) is 38.6 Å². The fourth-order valence-corrected chi connectivity index (χ4v) is 5.39. The quantitative estimate of drug-likeness (QED) is 0.474. The molecule has 31 heavy (non-hydrogen) atoms. The van der Waals surface area contributed by atoms with Gasteiger partial charge in [-0.05, 0) is 44.9 Å². The Morgan fingerprint density at radius 2 is 1.71 bits per heavy atom. The molecule has 0 saturated carbocycles. The summed E-state index contributed by atoms with van der Waals surface area (Å²) in [4.78, 5) is 32.9. The molecule has 2 aromatic heterocycles. The highest BCUT2D eigenvalue weighted by atomic mass is 32.1. The topological polar surface area (TPSA) is 68.1 Å². The van der Waals surface area contributed by atoms with E-state index < -0.39 is 0 Å². The molecule has 0 N–H and O–H groups in total. The van der Waals surface area contributed by atoms with Gasteiger partial charge in [0.25, 0.3) is 11.5 Å². The maximum atomic E-state index is 13.4. The number of benzene rings is 2. The highest BCUT2D eigenvalue weighted by molar-refractivity contribution is 7.18. The zero-order chi connectivity index (χ0) is 21.5. The fraction of sp³-hybridized carbons (Fsp3) is 0.333. The molecule has 1 fully saturated rings. The molecule has 1 saturated heterocycles. The molecule has 1 aliphatic rings. The number of fused-ring (bicyclic) bond motifs is 2. The SMILES string of the molecule is CC(C)n1nc(C(=O)N2CCC(c3nc4ccccc4s3)CC2)c2ccccc2c1=O. The minimum absolute atomic E-state index is 0.103. The Morgan fingerprint density at radius 1 is 1.03 bits per heavy atom. The molecule has 0 radical (unpaired) electrons. The zero-order valence-electron chi connectivity index (χ0n) is 17.6. The van der Waals surface area contributed by atoms with Crippen molar-refractivity contribution in [3.63, 3.8) is 0 Å². The number of carbonyl (C=O) groups is 1. The summed E-state index contributed by atoms with van der Waals surface area (Å²) in [7, 11) is 0. The van der Waals surface area contributed by atoms with Crippen LogP contribution in [0.25, 0.3) is 21.0 Å². The Balaban J connectivity index is 1.41. The van der Waals surface area contributed by atoms with Gasteiger partial charge in [-0.25, -0.2) is 9.67 Å². The van der Waals surface area contributed by atoms with Crippen LogP contribution in [-0.2, 0) is 0 Å². The molecule has 6 nitrogen and oxygen atoms in total. The third-order valence-electron chi connectivity index (χ3n) is 5.96. The average molecular weight is 433 g/mol. The summed E-state index contributed by atoms with van der Waals surface area (Å²) in [6, 6.07) is 15.4. The summed E-state index contributed by atoms with van der Waals surface area (Å²) in [5.74, 6) is 0.268. The molecule has 1 amide bonds. The summed E-state index contributed by atoms with van der Waals surface area (Å²) in [5, 5.41) is 6.81. The van der Waals surface area contributed by atoms with Crippen LogP contribution in [0, 0.1) is 0 Å². The summed E-state index contributed by atoms with van der Waals surface area (Å²) < 4.78 is 2.63. The zero-order valence-corrected chi connectivity index (χ0v) is 18.4. The lowest BCUT2D eigenvalue weighted by Gasteiger charge is -2.31. The van der Waals surface area contributed by atoms with E-state index in [4.69, 9.17) is 4.98 Å². The first-order valence-electron chi connectivity index (χ1n) is 10.7. The van der Waals surface area contributed by atoms with E-state index >= 15 is 0 Å². The van der Waals surface area contributed by atoms with Gasteiger partial charge in [-0.2, -0.15) is 5.10 Å². The number of piperidine rings is 1. The molecule has 0 aliphatic carbocycles. The van der Waals surface area contributed by atoms with Crippen LogP contribution in [0.2, 0.25) is 0 Å². The van der Waals surface area contributed by atoms with Gasteiger partial charge < -0.3 is 4.90 Å². The Labute approximate surface area is 184 Å². The van der Waals surface area contributed by atoms with Crippen molar-refractivity contribution in [1.82, 2.24) is 19.7 Å². The summed E-state index contributed by atoms with van der Waals surface area (Å²) in [5.41, 5.74) is 1.26. The second-order valence-electron chi connectivity index (χ2n) is 8.32. The molecular weight excluding hydrogens is 408 g/mol. The first-order chi connectivity index (χ1) is 15.0. The van der Waals surface area contributed by atoms with Gasteiger partial charge in [0.1, 0.15) is 0 Å². The van der Waals surface area contributed by atoms with Gasteiger partial charge in [-0.1, -0.05) is 30.3 Å². The van der Waals surface area contributed by atoms with E-state index in [0.29, 0.717) is 35.5 Å². The van der Waals surface area contributed by atoms with Gasteiger partial charge in [0.15, 0.2) is 5.69 Å². The minimum Gasteiger partial charge on any atom is -0.337 e. The van der Waals surface area contributed by atoms with E-state index in [9.17, 15) is 9.59 Å². The normalized spacial score (nSPS) is 15.3. The monoisotopic (exact) mass is 432 g/mol. The van der Waals surface area contributed by atoms with Crippen LogP contribution in [0.1, 0.15) is 54.1 Å². The van der Waals surface area contributed by atoms with E-state index in [0.717, 1.165) is 23.4 Å². The number of para-hydroxylation sites is 1. The highest BCUT2D eigenvalue weighted by Crippen LogP contribution is 2.34. The number of likely N-dealkylation sites (tertiary alicyclic amines) is 1. The number of carbonyl (C=O) groups excluding carboxylic acids is 1. The van der Waals surface area contributed by atoms with E-state index in [-0.39, 0.29) is 17.5 Å². The van der Waals surface area contributed by atoms with Crippen LogP contribution < -0.4 is 5.56 Å². The third kappa shape index (κ3) is 3.53. The van der Waals surface area contributed by atoms with Gasteiger partial charge in [0.05, 0.1) is 26.7 Å². The molecule has 0 bridgehead atoms. The van der Waals surface area contributed by atoms with Crippen molar-refractivity contribution in [2.75, 3.05) is 13.1 Å². The maximum Gasteiger partial charge on any atom is 0.274 e. The number of thiazole rings is 1. The lowest BCUT2D eigenvalue weighted by Crippen LogP contribution is -2.39. The van der Waals surface area contributed by atoms with Crippen molar-refractivity contribution in [3.8, 4) is 0 Å². The van der Waals surface area contributed by atoms with Crippen molar-refractivity contribution in [3.05, 3.63) is 69.6 Å². The van der Waals surface area contributed by atoms with Gasteiger partial charge in [0, 0.05) is 24.4 Å². The standard InChI is InChI=1S/C24H24N4O2S/c1-15(2)28-23(29)18-8-4-3-7-17(18)21(26-28)24(30)27-13-11-16(12-14-27)22-25-19-9-5-6-10-20(19)31-22/h3-10,15-16H,11-14H2,1-2H3. The lowest BCUT2D eigenvalue weighted by atomic mass is 9.97. The van der Waals surface area contributed by atoms with Crippen molar-refractivity contribution >= 4 is 38.2 Å². The molecule has 1 aliphatic heterocycles. The molecule has 2 aromatic carbocycles. The van der Waals surface area contributed by atoms with Crippen LogP contribution >= 0.6 is 11.3 Å². The Morgan fingerprint density at radius 3 is 2.42 bits per heavy atom. The number of hydrogen-bond donors (Lipinski definition) is 0. The molecule has 0 unspecified atom stereocenters. The van der Waals surface area contributed by atoms with Crippen LogP contribution in [0.5, 0.6) is 0 Å². The number of aromatic nitrogens is 3. The molecule has 7 heteroatoms. The van der Waals surface area contributed by atoms with Crippen molar-refractivity contribution < 1.29 is 4.79 Å². The van der Waals surface area contributed by atoms with Crippen LogP contribution in [-0.4, -0.2) is 38.7 Å². The number of rotatable bonds is 3. The molecular formula is C24H24N4O2S. The first-order valence-corrected chi connectivity index (χ1v) is 11.5. The smallest absolute Gasteiger partial charge is 0.274 e. The number of hydrogen-bond acceptors (Lipinski definition) is 5. The second kappa shape index (κ2) is 7.89. The average Bonchev–Trinajstić information content (AvgIpc) is 3.23. The summed E-state index contributed by atoms with van der Waals surface area (Å²) >= 11 is 1.75. The van der Waals surface area contributed by atoms with Gasteiger partial charge in [-0.3, -0.25) is 9.59 Å². The van der Waals surface area contributed by atoms with Gasteiger partial charge in [-0.15, -0.1) is 11.3 Å². The molecule has 4 aromatic rings. The second-order valence-corrected chi connectivity index (χ2v) is 9.39. The highest BCUT2D eigenvalue weighted by Gasteiger charge is 2.29. The fourth-order valence-electron chi connectivity index (χ4n) is 4.26. The molecule has 0 atom stereocenters. The predicted molar refractivity (Wildman–Crippen MR) is 124 cm³/mol. The molecule has 0 spiro atoms. The molecule has 5 rings (SSSR count). The van der Waals surface area contributed by atoms with E-state index in [2.05, 4.69) is 17.2 Å².